The lowest BCUT2D eigenvalue weighted by molar-refractivity contribution is -0.140. The minimum atomic E-state index is -4.70. The Labute approximate surface area is 77.1 Å². The smallest absolute Gasteiger partial charge is 0.205 e. The van der Waals surface area contributed by atoms with Gasteiger partial charge in [-0.2, -0.15) is 13.2 Å². The Morgan fingerprint density at radius 3 is 2.15 bits per heavy atom. The van der Waals surface area contributed by atoms with Crippen LogP contribution >= 0.6 is 11.6 Å². The fourth-order valence-corrected chi connectivity index (χ4v) is 1.15. The lowest BCUT2D eigenvalue weighted by Gasteiger charge is -2.11. The van der Waals surface area contributed by atoms with Crippen LogP contribution in [-0.4, -0.2) is 0 Å². The van der Waals surface area contributed by atoms with Crippen molar-refractivity contribution in [1.29, 1.82) is 0 Å². The van der Waals surface area contributed by atoms with Crippen molar-refractivity contribution in [3.8, 4) is 0 Å². The highest BCUT2D eigenvalue weighted by Crippen LogP contribution is 2.36. The number of hydrogen-bond acceptors (Lipinski definition) is 0. The highest BCUT2D eigenvalue weighted by atomic mass is 35.5. The Morgan fingerprint density at radius 1 is 1.23 bits per heavy atom. The molecular weight excluding hydrogens is 208 g/mol. The highest BCUT2D eigenvalue weighted by Gasteiger charge is 2.36. The van der Waals surface area contributed by atoms with Gasteiger partial charge in [0, 0.05) is 0 Å². The van der Waals surface area contributed by atoms with Gasteiger partial charge in [0.15, 0.2) is 5.82 Å². The van der Waals surface area contributed by atoms with Gasteiger partial charge in [0.25, 0.3) is 0 Å². The summed E-state index contributed by atoms with van der Waals surface area (Å²) in [6, 6.07) is 2.23. The van der Waals surface area contributed by atoms with E-state index in [1.54, 1.807) is 0 Å². The van der Waals surface area contributed by atoms with Crippen LogP contribution in [0.3, 0.4) is 0 Å². The van der Waals surface area contributed by atoms with Crippen LogP contribution in [0.2, 0.25) is 5.02 Å². The fraction of sp³-hybridized carbons (Fsp3) is 0.250. The summed E-state index contributed by atoms with van der Waals surface area (Å²) in [6.07, 6.45) is -4.70. The van der Waals surface area contributed by atoms with Crippen LogP contribution in [0.1, 0.15) is 11.1 Å². The van der Waals surface area contributed by atoms with Gasteiger partial charge in [0.05, 0.1) is 10.6 Å². The van der Waals surface area contributed by atoms with E-state index >= 15 is 0 Å². The Hall–Kier alpha value is -0.770. The first-order valence-electron chi connectivity index (χ1n) is 3.36. The molecule has 0 radical (unpaired) electrons. The zero-order chi connectivity index (χ0) is 10.2. The molecule has 0 aromatic heterocycles. The van der Waals surface area contributed by atoms with E-state index in [4.69, 9.17) is 11.6 Å². The zero-order valence-corrected chi connectivity index (χ0v) is 7.30. The van der Waals surface area contributed by atoms with E-state index in [1.165, 1.54) is 6.92 Å². The third-order valence-electron chi connectivity index (χ3n) is 1.59. The monoisotopic (exact) mass is 212 g/mol. The number of rotatable bonds is 0. The van der Waals surface area contributed by atoms with Crippen molar-refractivity contribution in [2.75, 3.05) is 0 Å². The van der Waals surface area contributed by atoms with Crippen molar-refractivity contribution < 1.29 is 17.6 Å². The summed E-state index contributed by atoms with van der Waals surface area (Å²) < 4.78 is 49.5. The summed E-state index contributed by atoms with van der Waals surface area (Å²) >= 11 is 5.22. The molecule has 0 saturated heterocycles. The molecular formula is C8H5ClF4. The molecule has 0 aliphatic heterocycles. The van der Waals surface area contributed by atoms with Crippen molar-refractivity contribution in [3.05, 3.63) is 34.1 Å². The minimum absolute atomic E-state index is 0.172. The molecule has 0 nitrogen and oxygen atoms in total. The van der Waals surface area contributed by atoms with Crippen LogP contribution in [0.15, 0.2) is 12.1 Å². The lowest BCUT2D eigenvalue weighted by atomic mass is 10.1. The predicted octanol–water partition coefficient (Wildman–Crippen LogP) is 3.81. The van der Waals surface area contributed by atoms with Crippen molar-refractivity contribution in [3.63, 3.8) is 0 Å². The SMILES string of the molecule is Cc1ccc(Cl)c(F)c1C(F)(F)F. The molecule has 0 saturated carbocycles. The summed E-state index contributed by atoms with van der Waals surface area (Å²) in [5, 5.41) is -0.516. The zero-order valence-electron chi connectivity index (χ0n) is 6.54. The first-order valence-corrected chi connectivity index (χ1v) is 3.73. The van der Waals surface area contributed by atoms with Crippen LogP contribution in [0, 0.1) is 12.7 Å². The van der Waals surface area contributed by atoms with Crippen LogP contribution in [0.25, 0.3) is 0 Å². The maximum absolute atomic E-state index is 12.9. The minimum Gasteiger partial charge on any atom is -0.205 e. The molecule has 0 spiro atoms. The van der Waals surface area contributed by atoms with Gasteiger partial charge in [-0.05, 0) is 18.6 Å². The van der Waals surface area contributed by atoms with Gasteiger partial charge in [0.1, 0.15) is 0 Å². The van der Waals surface area contributed by atoms with Gasteiger partial charge in [-0.3, -0.25) is 0 Å². The number of halogens is 5. The van der Waals surface area contributed by atoms with Crippen LogP contribution < -0.4 is 0 Å². The van der Waals surface area contributed by atoms with Crippen molar-refractivity contribution in [2.24, 2.45) is 0 Å². The van der Waals surface area contributed by atoms with Crippen molar-refractivity contribution in [1.82, 2.24) is 0 Å². The number of alkyl halides is 3. The molecule has 1 aromatic carbocycles. The van der Waals surface area contributed by atoms with Gasteiger partial charge < -0.3 is 0 Å². The molecule has 0 heterocycles. The topological polar surface area (TPSA) is 0 Å². The summed E-state index contributed by atoms with van der Waals surface area (Å²) in [4.78, 5) is 0. The standard InChI is InChI=1S/C8H5ClF4/c1-4-2-3-5(9)7(10)6(4)8(11,12)13/h2-3H,1H3. The third-order valence-corrected chi connectivity index (χ3v) is 1.88. The van der Waals surface area contributed by atoms with Crippen LogP contribution in [-0.2, 0) is 6.18 Å². The summed E-state index contributed by atoms with van der Waals surface area (Å²) in [6.45, 7) is 1.18. The van der Waals surface area contributed by atoms with Crippen LogP contribution in [0.4, 0.5) is 17.6 Å². The van der Waals surface area contributed by atoms with Gasteiger partial charge in [-0.15, -0.1) is 0 Å². The first kappa shape index (κ1) is 10.3. The van der Waals surface area contributed by atoms with E-state index in [2.05, 4.69) is 0 Å². The second kappa shape index (κ2) is 3.18. The lowest BCUT2D eigenvalue weighted by Crippen LogP contribution is -2.10. The molecule has 0 amide bonds. The van der Waals surface area contributed by atoms with E-state index in [1.807, 2.05) is 0 Å². The molecule has 0 N–H and O–H groups in total. The van der Waals surface area contributed by atoms with Gasteiger partial charge >= 0.3 is 6.18 Å². The molecule has 0 atom stereocenters. The largest absolute Gasteiger partial charge is 0.419 e. The Kier molecular flexibility index (Phi) is 2.52. The second-order valence-electron chi connectivity index (χ2n) is 2.55. The maximum Gasteiger partial charge on any atom is 0.419 e. The molecule has 1 aromatic rings. The Bertz CT molecular complexity index is 330. The third kappa shape index (κ3) is 1.94. The van der Waals surface area contributed by atoms with E-state index in [9.17, 15) is 17.6 Å². The van der Waals surface area contributed by atoms with Crippen LogP contribution in [0.5, 0.6) is 0 Å². The van der Waals surface area contributed by atoms with E-state index < -0.39 is 22.6 Å². The van der Waals surface area contributed by atoms with Crippen molar-refractivity contribution >= 4 is 11.6 Å². The first-order chi connectivity index (χ1) is 5.84. The quantitative estimate of drug-likeness (QED) is 0.574. The maximum atomic E-state index is 12.9. The van der Waals surface area contributed by atoms with Crippen molar-refractivity contribution in [2.45, 2.75) is 13.1 Å². The van der Waals surface area contributed by atoms with Gasteiger partial charge in [0.2, 0.25) is 0 Å². The molecule has 0 aliphatic rings. The molecule has 0 unspecified atom stereocenters. The van der Waals surface area contributed by atoms with Gasteiger partial charge in [-0.1, -0.05) is 17.7 Å². The Morgan fingerprint density at radius 2 is 1.77 bits per heavy atom. The normalized spacial score (nSPS) is 11.8. The molecule has 72 valence electrons. The highest BCUT2D eigenvalue weighted by molar-refractivity contribution is 6.30. The number of aryl methyl sites for hydroxylation is 1. The molecule has 5 heteroatoms. The summed E-state index contributed by atoms with van der Waals surface area (Å²) in [5.74, 6) is -1.41. The van der Waals surface area contributed by atoms with E-state index in [-0.39, 0.29) is 5.56 Å². The Balaban J connectivity index is 3.43. The molecule has 13 heavy (non-hydrogen) atoms. The molecule has 1 rings (SSSR count). The average molecular weight is 213 g/mol. The number of benzene rings is 1. The molecule has 0 fully saturated rings. The van der Waals surface area contributed by atoms with E-state index in [0.717, 1.165) is 12.1 Å². The second-order valence-corrected chi connectivity index (χ2v) is 2.96. The summed E-state index contributed by atoms with van der Waals surface area (Å²) in [7, 11) is 0. The van der Waals surface area contributed by atoms with Gasteiger partial charge in [-0.25, -0.2) is 4.39 Å². The fourth-order valence-electron chi connectivity index (χ4n) is 0.995. The molecule has 0 bridgehead atoms. The predicted molar refractivity (Wildman–Crippen MR) is 41.1 cm³/mol. The average Bonchev–Trinajstić information content (AvgIpc) is 1.95. The summed E-state index contributed by atoms with van der Waals surface area (Å²) in [5.41, 5.74) is -1.46. The van der Waals surface area contributed by atoms with E-state index in [0.29, 0.717) is 0 Å². The molecule has 0 aliphatic carbocycles. The number of hydrogen-bond donors (Lipinski definition) is 0.